The van der Waals surface area contributed by atoms with Gasteiger partial charge in [0.15, 0.2) is 0 Å². The number of halogens is 2. The minimum Gasteiger partial charge on any atom is -0.321 e. The summed E-state index contributed by atoms with van der Waals surface area (Å²) in [7, 11) is 0. The highest BCUT2D eigenvalue weighted by atomic mass is 35.5. The van der Waals surface area contributed by atoms with Crippen LogP contribution in [-0.4, -0.2) is 4.98 Å². The van der Waals surface area contributed by atoms with E-state index in [-0.39, 0.29) is 5.56 Å². The lowest BCUT2D eigenvalue weighted by Crippen LogP contribution is -2.10. The Kier molecular flexibility index (Phi) is 4.77. The van der Waals surface area contributed by atoms with Gasteiger partial charge in [-0.1, -0.05) is 65.3 Å². The van der Waals surface area contributed by atoms with Gasteiger partial charge in [-0.05, 0) is 48.0 Å². The largest absolute Gasteiger partial charge is 0.321 e. The monoisotopic (exact) mass is 397 g/mol. The molecule has 0 aliphatic rings. The van der Waals surface area contributed by atoms with Crippen LogP contribution in [0.2, 0.25) is 10.0 Å². The van der Waals surface area contributed by atoms with E-state index in [1.165, 1.54) is 11.8 Å². The second kappa shape index (κ2) is 7.20. The molecule has 0 saturated heterocycles. The topological polar surface area (TPSA) is 32.9 Å². The van der Waals surface area contributed by atoms with Crippen molar-refractivity contribution >= 4 is 45.9 Å². The van der Waals surface area contributed by atoms with E-state index >= 15 is 0 Å². The van der Waals surface area contributed by atoms with Crippen molar-refractivity contribution < 1.29 is 0 Å². The van der Waals surface area contributed by atoms with Crippen LogP contribution >= 0.6 is 35.0 Å². The number of aromatic amines is 1. The van der Waals surface area contributed by atoms with Crippen molar-refractivity contribution in [3.63, 3.8) is 0 Å². The highest BCUT2D eigenvalue weighted by Crippen LogP contribution is 2.38. The Bertz CT molecular complexity index is 1140. The van der Waals surface area contributed by atoms with E-state index in [0.717, 1.165) is 26.9 Å². The molecule has 4 rings (SSSR count). The van der Waals surface area contributed by atoms with Gasteiger partial charge in [-0.2, -0.15) is 0 Å². The van der Waals surface area contributed by atoms with E-state index in [0.29, 0.717) is 14.9 Å². The summed E-state index contributed by atoms with van der Waals surface area (Å²) < 4.78 is 0. The van der Waals surface area contributed by atoms with Crippen molar-refractivity contribution in [1.82, 2.24) is 4.98 Å². The molecule has 1 heterocycles. The second-order valence-corrected chi connectivity index (χ2v) is 7.73. The Morgan fingerprint density at radius 2 is 1.50 bits per heavy atom. The van der Waals surface area contributed by atoms with Crippen LogP contribution in [0.4, 0.5) is 0 Å². The first-order valence-electron chi connectivity index (χ1n) is 7.96. The van der Waals surface area contributed by atoms with Gasteiger partial charge in [0.05, 0.1) is 4.90 Å². The Morgan fingerprint density at radius 3 is 2.23 bits per heavy atom. The molecule has 0 amide bonds. The van der Waals surface area contributed by atoms with Gasteiger partial charge in [0.25, 0.3) is 5.56 Å². The number of hydrogen-bond acceptors (Lipinski definition) is 2. The summed E-state index contributed by atoms with van der Waals surface area (Å²) in [6, 6.07) is 22.8. The fraction of sp³-hybridized carbons (Fsp3) is 0. The van der Waals surface area contributed by atoms with Crippen molar-refractivity contribution in [2.75, 3.05) is 0 Å². The quantitative estimate of drug-likeness (QED) is 0.419. The molecule has 2 nitrogen and oxygen atoms in total. The van der Waals surface area contributed by atoms with Crippen LogP contribution in [0, 0.1) is 0 Å². The molecule has 128 valence electrons. The van der Waals surface area contributed by atoms with Gasteiger partial charge in [0, 0.05) is 31.4 Å². The number of benzene rings is 3. The molecule has 1 N–H and O–H groups in total. The van der Waals surface area contributed by atoms with Crippen molar-refractivity contribution in [2.45, 2.75) is 9.79 Å². The van der Waals surface area contributed by atoms with Crippen molar-refractivity contribution in [2.24, 2.45) is 0 Å². The fourth-order valence-corrected chi connectivity index (χ4v) is 4.14. The van der Waals surface area contributed by atoms with Crippen molar-refractivity contribution in [3.8, 4) is 11.1 Å². The molecule has 4 aromatic rings. The lowest BCUT2D eigenvalue weighted by atomic mass is 10.0. The van der Waals surface area contributed by atoms with Gasteiger partial charge in [0.1, 0.15) is 0 Å². The number of pyridine rings is 1. The minimum atomic E-state index is -0.126. The van der Waals surface area contributed by atoms with Gasteiger partial charge < -0.3 is 4.98 Å². The maximum Gasteiger partial charge on any atom is 0.263 e. The number of hydrogen-bond donors (Lipinski definition) is 1. The van der Waals surface area contributed by atoms with Crippen LogP contribution in [0.5, 0.6) is 0 Å². The van der Waals surface area contributed by atoms with E-state index in [9.17, 15) is 4.79 Å². The second-order valence-electron chi connectivity index (χ2n) is 5.77. The molecular formula is C21H13Cl2NOS. The molecule has 0 spiro atoms. The summed E-state index contributed by atoms with van der Waals surface area (Å²) >= 11 is 13.6. The van der Waals surface area contributed by atoms with E-state index in [1.54, 1.807) is 6.07 Å². The normalized spacial score (nSPS) is 11.0. The molecule has 26 heavy (non-hydrogen) atoms. The average Bonchev–Trinajstić information content (AvgIpc) is 2.65. The van der Waals surface area contributed by atoms with Gasteiger partial charge in [0.2, 0.25) is 0 Å². The minimum absolute atomic E-state index is 0.126. The lowest BCUT2D eigenvalue weighted by molar-refractivity contribution is 1.20. The summed E-state index contributed by atoms with van der Waals surface area (Å²) in [6.45, 7) is 0. The molecule has 3 aromatic carbocycles. The summed E-state index contributed by atoms with van der Waals surface area (Å²) in [5.74, 6) is 0. The smallest absolute Gasteiger partial charge is 0.263 e. The number of H-pyrrole nitrogens is 1. The Labute approximate surface area is 164 Å². The molecule has 0 radical (unpaired) electrons. The number of nitrogens with one attached hydrogen (secondary N) is 1. The predicted molar refractivity (Wildman–Crippen MR) is 111 cm³/mol. The number of rotatable bonds is 3. The molecular weight excluding hydrogens is 385 g/mol. The molecule has 0 saturated carbocycles. The molecule has 0 atom stereocenters. The molecule has 1 aromatic heterocycles. The first-order chi connectivity index (χ1) is 12.6. The number of fused-ring (bicyclic) bond motifs is 1. The van der Waals surface area contributed by atoms with Crippen molar-refractivity contribution in [1.29, 1.82) is 0 Å². The Hall–Kier alpha value is -2.20. The summed E-state index contributed by atoms with van der Waals surface area (Å²) in [6.07, 6.45) is 0. The van der Waals surface area contributed by atoms with Gasteiger partial charge in [-0.15, -0.1) is 0 Å². The van der Waals surface area contributed by atoms with Crippen LogP contribution in [-0.2, 0) is 0 Å². The van der Waals surface area contributed by atoms with Crippen LogP contribution in [0.3, 0.4) is 0 Å². The average molecular weight is 398 g/mol. The summed E-state index contributed by atoms with van der Waals surface area (Å²) in [4.78, 5) is 17.4. The Balaban J connectivity index is 2.00. The molecule has 0 aliphatic heterocycles. The zero-order valence-corrected chi connectivity index (χ0v) is 15.8. The standard InChI is InChI=1S/C21H13Cl2NOS/c22-14-6-9-16(10-7-14)26-20-19(13-4-2-1-3-5-13)17-12-15(23)8-11-18(17)24-21(20)25/h1-12H,(H,24,25). The SMILES string of the molecule is O=c1[nH]c2ccc(Cl)cc2c(-c2ccccc2)c1Sc1ccc(Cl)cc1. The van der Waals surface area contributed by atoms with Crippen LogP contribution < -0.4 is 5.56 Å². The van der Waals surface area contributed by atoms with Gasteiger partial charge in [-0.3, -0.25) is 4.79 Å². The highest BCUT2D eigenvalue weighted by Gasteiger charge is 2.16. The van der Waals surface area contributed by atoms with Crippen LogP contribution in [0.25, 0.3) is 22.0 Å². The predicted octanol–water partition coefficient (Wildman–Crippen LogP) is 6.65. The van der Waals surface area contributed by atoms with E-state index in [4.69, 9.17) is 23.2 Å². The zero-order chi connectivity index (χ0) is 18.1. The molecule has 0 fully saturated rings. The maximum absolute atomic E-state index is 12.8. The third-order valence-electron chi connectivity index (χ3n) is 4.03. The fourth-order valence-electron chi connectivity index (χ4n) is 2.86. The van der Waals surface area contributed by atoms with E-state index < -0.39 is 0 Å². The third-order valence-corrected chi connectivity index (χ3v) is 5.62. The van der Waals surface area contributed by atoms with Crippen LogP contribution in [0.1, 0.15) is 0 Å². The first-order valence-corrected chi connectivity index (χ1v) is 9.53. The number of aromatic nitrogens is 1. The zero-order valence-electron chi connectivity index (χ0n) is 13.5. The molecule has 0 unspecified atom stereocenters. The molecule has 0 aliphatic carbocycles. The van der Waals surface area contributed by atoms with Gasteiger partial charge in [-0.25, -0.2) is 0 Å². The maximum atomic E-state index is 12.8. The first kappa shape index (κ1) is 17.2. The molecule has 5 heteroatoms. The third kappa shape index (κ3) is 3.38. The van der Waals surface area contributed by atoms with Crippen LogP contribution in [0.15, 0.2) is 87.4 Å². The van der Waals surface area contributed by atoms with E-state index in [2.05, 4.69) is 4.98 Å². The Morgan fingerprint density at radius 1 is 0.808 bits per heavy atom. The lowest BCUT2D eigenvalue weighted by Gasteiger charge is -2.13. The van der Waals surface area contributed by atoms with Gasteiger partial charge >= 0.3 is 0 Å². The summed E-state index contributed by atoms with van der Waals surface area (Å²) in [5, 5.41) is 2.21. The van der Waals surface area contributed by atoms with E-state index in [1.807, 2.05) is 66.7 Å². The summed E-state index contributed by atoms with van der Waals surface area (Å²) in [5.41, 5.74) is 2.49. The molecule has 0 bridgehead atoms. The highest BCUT2D eigenvalue weighted by molar-refractivity contribution is 7.99. The van der Waals surface area contributed by atoms with Crippen molar-refractivity contribution in [3.05, 3.63) is 93.2 Å².